The summed E-state index contributed by atoms with van der Waals surface area (Å²) in [6.45, 7) is -0.681. The van der Waals surface area contributed by atoms with Gasteiger partial charge in [0.2, 0.25) is 0 Å². The van der Waals surface area contributed by atoms with E-state index in [0.29, 0.717) is 5.56 Å². The first kappa shape index (κ1) is 34.0. The zero-order valence-electron chi connectivity index (χ0n) is 16.2. The minimum atomic E-state index is -4.64. The largest absolute Gasteiger partial charge is 0.466 e. The SMILES string of the molecule is Nc1nc(=O)n([C@H]2C[C@H](O)[C@@H](CO)O2)cc1CO.O=P(O)(O)O.O=P(O)(O)O.O=P(O)(O)O. The fourth-order valence-corrected chi connectivity index (χ4v) is 1.90. The van der Waals surface area contributed by atoms with Crippen LogP contribution in [0.3, 0.4) is 0 Å². The smallest absolute Gasteiger partial charge is 0.394 e. The average Bonchev–Trinajstić information content (AvgIpc) is 2.91. The molecular formula is C10H24N3O17P3. The highest BCUT2D eigenvalue weighted by molar-refractivity contribution is 7.45. The fourth-order valence-electron chi connectivity index (χ4n) is 1.90. The summed E-state index contributed by atoms with van der Waals surface area (Å²) in [6, 6.07) is 0. The molecule has 23 heteroatoms. The van der Waals surface area contributed by atoms with E-state index in [-0.39, 0.29) is 25.5 Å². The number of anilines is 1. The van der Waals surface area contributed by atoms with E-state index < -0.39 is 47.6 Å². The van der Waals surface area contributed by atoms with Crippen LogP contribution in [0.4, 0.5) is 5.82 Å². The maximum Gasteiger partial charge on any atom is 0.466 e. The van der Waals surface area contributed by atoms with Crippen LogP contribution in [-0.4, -0.2) is 87.7 Å². The normalized spacial score (nSPS) is 20.4. The van der Waals surface area contributed by atoms with E-state index in [9.17, 15) is 9.90 Å². The third-order valence-corrected chi connectivity index (χ3v) is 2.93. The van der Waals surface area contributed by atoms with E-state index in [2.05, 4.69) is 4.98 Å². The molecule has 1 saturated heterocycles. The molecule has 1 aromatic heterocycles. The van der Waals surface area contributed by atoms with Gasteiger partial charge >= 0.3 is 29.2 Å². The third kappa shape index (κ3) is 21.1. The molecule has 0 aliphatic carbocycles. The van der Waals surface area contributed by atoms with Crippen molar-refractivity contribution < 1.29 is 77.8 Å². The zero-order chi connectivity index (χ0) is 26.8. The van der Waals surface area contributed by atoms with E-state index >= 15 is 0 Å². The Kier molecular flexibility index (Phi) is 14.7. The molecule has 0 bridgehead atoms. The Morgan fingerprint density at radius 1 is 0.970 bits per heavy atom. The number of aliphatic hydroxyl groups excluding tert-OH is 3. The van der Waals surface area contributed by atoms with Gasteiger partial charge in [-0.25, -0.2) is 18.5 Å². The predicted molar refractivity (Wildman–Crippen MR) is 103 cm³/mol. The van der Waals surface area contributed by atoms with Crippen molar-refractivity contribution >= 4 is 29.3 Å². The molecule has 20 nitrogen and oxygen atoms in total. The maximum absolute atomic E-state index is 11.7. The molecule has 2 rings (SSSR count). The van der Waals surface area contributed by atoms with E-state index in [1.807, 2.05) is 0 Å². The van der Waals surface area contributed by atoms with E-state index in [0.717, 1.165) is 4.57 Å². The van der Waals surface area contributed by atoms with Gasteiger partial charge < -0.3 is 69.8 Å². The molecule has 1 aliphatic heterocycles. The summed E-state index contributed by atoms with van der Waals surface area (Å²) in [7, 11) is -13.9. The van der Waals surface area contributed by atoms with E-state index in [1.54, 1.807) is 0 Å². The van der Waals surface area contributed by atoms with Gasteiger partial charge in [-0.15, -0.1) is 0 Å². The molecule has 2 heterocycles. The molecule has 0 aromatic carbocycles. The van der Waals surface area contributed by atoms with Gasteiger partial charge in [0.1, 0.15) is 18.1 Å². The molecule has 1 aliphatic rings. The lowest BCUT2D eigenvalue weighted by molar-refractivity contribution is -0.0459. The highest BCUT2D eigenvalue weighted by atomic mass is 31.2. The summed E-state index contributed by atoms with van der Waals surface area (Å²) in [5.74, 6) is -0.0315. The molecule has 1 aromatic rings. The lowest BCUT2D eigenvalue weighted by Gasteiger charge is -2.15. The fraction of sp³-hybridized carbons (Fsp3) is 0.600. The van der Waals surface area contributed by atoms with Gasteiger partial charge in [0, 0.05) is 18.2 Å². The summed E-state index contributed by atoms with van der Waals surface area (Å²) in [5.41, 5.74) is 5.15. The lowest BCUT2D eigenvalue weighted by atomic mass is 10.2. The second-order valence-corrected chi connectivity index (χ2v) is 8.73. The van der Waals surface area contributed by atoms with Crippen molar-refractivity contribution in [3.8, 4) is 0 Å². The number of hydrogen-bond donors (Lipinski definition) is 13. The van der Waals surface area contributed by atoms with Gasteiger partial charge in [-0.1, -0.05) is 0 Å². The van der Waals surface area contributed by atoms with E-state index in [4.69, 9.17) is 78.4 Å². The number of hydrogen-bond acceptors (Lipinski definition) is 10. The number of aliphatic hydroxyl groups is 3. The highest BCUT2D eigenvalue weighted by Gasteiger charge is 2.35. The van der Waals surface area contributed by atoms with E-state index in [1.165, 1.54) is 6.20 Å². The Morgan fingerprint density at radius 3 is 1.67 bits per heavy atom. The quantitative estimate of drug-likeness (QED) is 0.157. The first-order valence-electron chi connectivity index (χ1n) is 7.84. The van der Waals surface area contributed by atoms with Gasteiger partial charge in [0.15, 0.2) is 0 Å². The maximum atomic E-state index is 11.7. The number of ether oxygens (including phenoxy) is 1. The average molecular weight is 551 g/mol. The summed E-state index contributed by atoms with van der Waals surface area (Å²) in [5, 5.41) is 27.6. The van der Waals surface area contributed by atoms with Crippen LogP contribution in [0, 0.1) is 0 Å². The van der Waals surface area contributed by atoms with Crippen LogP contribution in [0.25, 0.3) is 0 Å². The van der Waals surface area contributed by atoms with Gasteiger partial charge in [-0.05, 0) is 0 Å². The minimum Gasteiger partial charge on any atom is -0.394 e. The second kappa shape index (κ2) is 14.3. The highest BCUT2D eigenvalue weighted by Crippen LogP contribution is 2.28. The van der Waals surface area contributed by atoms with Crippen molar-refractivity contribution in [2.24, 2.45) is 0 Å². The topological polar surface area (TPSA) is 364 Å². The Balaban J connectivity index is 0. The first-order valence-corrected chi connectivity index (χ1v) is 12.5. The number of nitrogen functional groups attached to an aromatic ring is 1. The monoisotopic (exact) mass is 551 g/mol. The number of aromatic nitrogens is 2. The number of nitrogens with zero attached hydrogens (tertiary/aromatic N) is 2. The van der Waals surface area contributed by atoms with Crippen LogP contribution < -0.4 is 11.4 Å². The Hall–Kier alpha value is -1.15. The third-order valence-electron chi connectivity index (χ3n) is 2.93. The molecular weight excluding hydrogens is 527 g/mol. The number of phosphoric acid groups is 3. The molecule has 0 unspecified atom stereocenters. The molecule has 14 N–H and O–H groups in total. The standard InChI is InChI=1S/C10H15N3O5.3H3O4P/c11-9-5(3-14)2-13(10(17)12-9)8-1-6(16)7(4-15)18-8;3*1-5(2,3)4/h2,6-8,14-16H,1,3-4H2,(H2,11,12,17);3*(H3,1,2,3,4)/t6-,7+,8+;;;/m0.../s1. The van der Waals surface area contributed by atoms with Gasteiger partial charge in [-0.3, -0.25) is 4.57 Å². The Morgan fingerprint density at radius 2 is 1.36 bits per heavy atom. The van der Waals surface area contributed by atoms with Crippen LogP contribution in [0.15, 0.2) is 11.0 Å². The molecule has 33 heavy (non-hydrogen) atoms. The van der Waals surface area contributed by atoms with Crippen molar-refractivity contribution in [2.45, 2.75) is 31.5 Å². The molecule has 0 radical (unpaired) electrons. The number of rotatable bonds is 3. The van der Waals surface area contributed by atoms with Crippen LogP contribution in [0.5, 0.6) is 0 Å². The summed E-state index contributed by atoms with van der Waals surface area (Å²) >= 11 is 0. The molecule has 0 saturated carbocycles. The molecule has 3 atom stereocenters. The van der Waals surface area contributed by atoms with Crippen molar-refractivity contribution in [2.75, 3.05) is 12.3 Å². The molecule has 1 fully saturated rings. The van der Waals surface area contributed by atoms with Crippen molar-refractivity contribution in [3.05, 3.63) is 22.2 Å². The second-order valence-electron chi connectivity index (χ2n) is 5.65. The molecule has 0 spiro atoms. The predicted octanol–water partition coefficient (Wildman–Crippen LogP) is -4.83. The summed E-state index contributed by atoms with van der Waals surface area (Å²) < 4.78 is 33.1. The van der Waals surface area contributed by atoms with Gasteiger partial charge in [-0.2, -0.15) is 4.98 Å². The van der Waals surface area contributed by atoms with Crippen LogP contribution in [0.2, 0.25) is 0 Å². The van der Waals surface area contributed by atoms with Crippen molar-refractivity contribution in [3.63, 3.8) is 0 Å². The van der Waals surface area contributed by atoms with Crippen molar-refractivity contribution in [1.29, 1.82) is 0 Å². The van der Waals surface area contributed by atoms with Crippen molar-refractivity contribution in [1.82, 2.24) is 9.55 Å². The molecule has 196 valence electrons. The Labute approximate surface area is 183 Å². The zero-order valence-corrected chi connectivity index (χ0v) is 18.8. The summed E-state index contributed by atoms with van der Waals surface area (Å²) in [6.07, 6.45) is -0.772. The first-order chi connectivity index (χ1) is 14.6. The Bertz CT molecular complexity index is 849. The van der Waals surface area contributed by atoms with Crippen LogP contribution >= 0.6 is 23.5 Å². The summed E-state index contributed by atoms with van der Waals surface area (Å²) in [4.78, 5) is 79.9. The van der Waals surface area contributed by atoms with Gasteiger partial charge in [0.25, 0.3) is 0 Å². The lowest BCUT2D eigenvalue weighted by Crippen LogP contribution is -2.29. The minimum absolute atomic E-state index is 0.0315. The number of nitrogens with two attached hydrogens (primary N) is 1. The van der Waals surface area contributed by atoms with Gasteiger partial charge in [0.05, 0.1) is 19.3 Å². The van der Waals surface area contributed by atoms with Crippen LogP contribution in [0.1, 0.15) is 18.2 Å². The molecule has 0 amide bonds. The van der Waals surface area contributed by atoms with Crippen LogP contribution in [-0.2, 0) is 25.0 Å².